The topological polar surface area (TPSA) is 228 Å². The van der Waals surface area contributed by atoms with Crippen LogP contribution in [0.5, 0.6) is 0 Å². The molecule has 0 spiro atoms. The number of amides is 7. The molecule has 6 fully saturated rings. The van der Waals surface area contributed by atoms with Gasteiger partial charge in [-0.1, -0.05) is 180 Å². The summed E-state index contributed by atoms with van der Waals surface area (Å²) in [6.07, 6.45) is 17.3. The summed E-state index contributed by atoms with van der Waals surface area (Å²) in [6, 6.07) is 41.5. The molecule has 0 saturated carbocycles. The second kappa shape index (κ2) is 45.3. The number of imide groups is 1. The zero-order valence-corrected chi connectivity index (χ0v) is 73.4. The summed E-state index contributed by atoms with van der Waals surface area (Å²) in [7, 11) is 0. The fourth-order valence-electron chi connectivity index (χ4n) is 17.3. The lowest BCUT2D eigenvalue weighted by molar-refractivity contribution is -0.134. The number of likely N-dealkylation sites (tertiary alicyclic amines) is 3. The van der Waals surface area contributed by atoms with Gasteiger partial charge in [-0.05, 0) is 219 Å². The molecule has 8 heterocycles. The molecule has 21 nitrogen and oxygen atoms in total. The van der Waals surface area contributed by atoms with E-state index >= 15 is 0 Å². The van der Waals surface area contributed by atoms with E-state index in [2.05, 4.69) is 109 Å². The zero-order valence-electron chi connectivity index (χ0n) is 68.1. The first-order chi connectivity index (χ1) is 57.6. The fourth-order valence-corrected chi connectivity index (χ4v) is 18.8. The van der Waals surface area contributed by atoms with E-state index in [0.717, 1.165) is 109 Å². The quantitative estimate of drug-likeness (QED) is 0.0287. The van der Waals surface area contributed by atoms with E-state index < -0.39 is 17.9 Å². The molecule has 5 N–H and O–H groups in total. The third kappa shape index (κ3) is 26.0. The van der Waals surface area contributed by atoms with Gasteiger partial charge in [-0.2, -0.15) is 0 Å². The van der Waals surface area contributed by atoms with Gasteiger partial charge in [-0.15, -0.1) is 0 Å². The lowest BCUT2D eigenvalue weighted by atomic mass is 9.95. The first-order valence-electron chi connectivity index (χ1n) is 42.6. The van der Waals surface area contributed by atoms with E-state index in [1.165, 1.54) is 85.9 Å². The number of hydrogen-bond acceptors (Lipinski definition) is 15. The molecule has 638 valence electrons. The SMILES string of the molecule is CC[C@H](CN1CC[C@@H](CNC(=O)c2cc(-c3ccc(Cl)cc3)on2)N[C@@H](CCN2CCCCC2)C1=O)c1ccccc1.CC[C@H](CN1CC[C@@H](CNC(=O)c2ccc(Cl)cc2Cl)N[C@@H](CCN2CCCCC2)C1=O)c1ccccc1.O=C1[C@H](CCN2CCCCC2)N[C@H](CN2C(=O)c3cc(Cl)c(Cl)cc3C2=O)CCN1Cc1cc(Cl)cc(Cl)c1. The molecule has 8 atom stereocenters. The van der Waals surface area contributed by atoms with Gasteiger partial charge in [0.1, 0.15) is 0 Å². The highest BCUT2D eigenvalue weighted by Gasteiger charge is 2.41. The van der Waals surface area contributed by atoms with Gasteiger partial charge in [0.25, 0.3) is 23.6 Å². The van der Waals surface area contributed by atoms with Crippen molar-refractivity contribution in [2.75, 3.05) is 111 Å². The minimum absolute atomic E-state index is 0.00784. The highest BCUT2D eigenvalue weighted by atomic mass is 35.5. The molecule has 14 rings (SSSR count). The van der Waals surface area contributed by atoms with Gasteiger partial charge in [0.2, 0.25) is 17.7 Å². The molecule has 28 heteroatoms. The molecule has 0 bridgehead atoms. The number of nitrogens with zero attached hydrogens (tertiary/aromatic N) is 8. The van der Waals surface area contributed by atoms with Crippen molar-refractivity contribution >= 4 is 123 Å². The van der Waals surface area contributed by atoms with Gasteiger partial charge in [-0.25, -0.2) is 0 Å². The normalized spacial score (nSPS) is 21.6. The predicted molar refractivity (Wildman–Crippen MR) is 475 cm³/mol. The number of halogens is 7. The minimum atomic E-state index is -0.451. The van der Waals surface area contributed by atoms with Crippen molar-refractivity contribution in [3.05, 3.63) is 214 Å². The maximum Gasteiger partial charge on any atom is 0.273 e. The van der Waals surface area contributed by atoms with Gasteiger partial charge < -0.3 is 60.5 Å². The lowest BCUT2D eigenvalue weighted by Crippen LogP contribution is -2.50. The monoisotopic (exact) mass is 1760 g/mol. The number of carbonyl (C=O) groups excluding carboxylic acids is 7. The van der Waals surface area contributed by atoms with Crippen LogP contribution < -0.4 is 26.6 Å². The van der Waals surface area contributed by atoms with Crippen molar-refractivity contribution in [2.24, 2.45) is 0 Å². The molecule has 7 amide bonds. The van der Waals surface area contributed by atoms with Gasteiger partial charge in [0.05, 0.1) is 49.9 Å². The lowest BCUT2D eigenvalue weighted by Gasteiger charge is -2.31. The van der Waals surface area contributed by atoms with Gasteiger partial charge in [-0.3, -0.25) is 38.5 Å². The summed E-state index contributed by atoms with van der Waals surface area (Å²) in [5.74, 6) is 0.0861. The Labute approximate surface area is 735 Å². The van der Waals surface area contributed by atoms with Crippen LogP contribution in [0.3, 0.4) is 0 Å². The van der Waals surface area contributed by atoms with Crippen LogP contribution in [0.15, 0.2) is 144 Å². The van der Waals surface area contributed by atoms with E-state index in [0.29, 0.717) is 108 Å². The average Bonchev–Trinajstić information content (AvgIpc) is 1.61. The smallest absolute Gasteiger partial charge is 0.273 e. The van der Waals surface area contributed by atoms with Crippen molar-refractivity contribution in [1.82, 2.24) is 66.0 Å². The summed E-state index contributed by atoms with van der Waals surface area (Å²) >= 11 is 42.9. The molecule has 119 heavy (non-hydrogen) atoms. The van der Waals surface area contributed by atoms with E-state index in [1.54, 1.807) is 42.5 Å². The molecule has 7 aromatic rings. The zero-order chi connectivity index (χ0) is 83.9. The molecule has 0 aliphatic carbocycles. The van der Waals surface area contributed by atoms with Crippen LogP contribution in [0.2, 0.25) is 35.2 Å². The molecule has 0 radical (unpaired) electrons. The van der Waals surface area contributed by atoms with Crippen LogP contribution in [0, 0.1) is 0 Å². The molecule has 7 aliphatic heterocycles. The van der Waals surface area contributed by atoms with E-state index in [-0.39, 0.29) is 99.1 Å². The summed E-state index contributed by atoms with van der Waals surface area (Å²) in [5.41, 5.74) is 5.31. The van der Waals surface area contributed by atoms with Crippen molar-refractivity contribution < 1.29 is 38.1 Å². The Bertz CT molecular complexity index is 4470. The first-order valence-corrected chi connectivity index (χ1v) is 45.2. The number of fused-ring (bicyclic) bond motifs is 1. The Kier molecular flexibility index (Phi) is 34.6. The van der Waals surface area contributed by atoms with Crippen LogP contribution in [0.25, 0.3) is 11.3 Å². The Morgan fingerprint density at radius 2 is 0.882 bits per heavy atom. The number of benzene rings is 6. The first kappa shape index (κ1) is 91.0. The molecule has 6 aromatic carbocycles. The van der Waals surface area contributed by atoms with E-state index in [4.69, 9.17) is 85.7 Å². The third-order valence-corrected chi connectivity index (χ3v) is 26.1. The maximum atomic E-state index is 13.9. The highest BCUT2D eigenvalue weighted by molar-refractivity contribution is 6.43. The number of hydrogen-bond donors (Lipinski definition) is 5. The Morgan fingerprint density at radius 3 is 1.34 bits per heavy atom. The largest absolute Gasteiger partial charge is 0.355 e. The maximum absolute atomic E-state index is 13.9. The Hall–Kier alpha value is -7.19. The molecule has 1 aromatic heterocycles. The number of rotatable bonds is 28. The van der Waals surface area contributed by atoms with Crippen molar-refractivity contribution in [1.29, 1.82) is 0 Å². The number of piperidine rings is 3. The second-order valence-corrected chi connectivity index (χ2v) is 35.5. The fraction of sp³-hybridized carbons (Fsp3) is 0.495. The van der Waals surface area contributed by atoms with Gasteiger partial charge >= 0.3 is 0 Å². The second-order valence-electron chi connectivity index (χ2n) is 32.5. The predicted octanol–water partition coefficient (Wildman–Crippen LogP) is 16.2. The van der Waals surface area contributed by atoms with E-state index in [9.17, 15) is 33.6 Å². The van der Waals surface area contributed by atoms with Crippen LogP contribution in [-0.4, -0.2) is 228 Å². The van der Waals surface area contributed by atoms with Gasteiger partial charge in [0.15, 0.2) is 11.5 Å². The van der Waals surface area contributed by atoms with Crippen molar-refractivity contribution in [3.8, 4) is 11.3 Å². The standard InChI is InChI=1S/C33H42ClN5O3.C30H40Cl2N4O2.C28H30Cl4N4O3/c1-2-24(25-9-5-3-6-10-25)23-39-20-15-28(36-29(33(39)41)16-19-38-17-7-4-8-18-38)22-35-32(40)30-21-31(42-37-30)26-11-13-27(34)14-12-26;1-2-22(23-9-5-3-6-10-23)21-36-18-13-25(20-33-29(37)26-12-11-24(31)19-27(26)32)34-28(30(36)38)14-17-35-15-7-4-8-16-35;29-18-10-17(11-19(30)12-18)15-35-9-4-20(33-25(28(35)39)5-8-34-6-2-1-3-7-34)16-36-26(37)21-13-23(31)24(32)14-22(21)27(36)38/h3,5-6,9-14,21,24,28-29,36H,2,4,7-8,15-20,22-23H2,1H3,(H,35,40);3,5-6,9-12,19,22,25,28,34H,2,4,7-8,13-18,20-21H2,1H3,(H,33,37);10-14,20,25,33H,1-9,15-16H2/t24-,28+,29+;22-,25+,28+;20-,25-/m110/s1. The van der Waals surface area contributed by atoms with Crippen LogP contribution in [-0.2, 0) is 20.9 Å². The number of carbonyl (C=O) groups is 7. The third-order valence-electron chi connectivity index (χ3n) is 24.1. The summed E-state index contributed by atoms with van der Waals surface area (Å²) < 4.78 is 5.42. The average molecular weight is 1760 g/mol. The van der Waals surface area contributed by atoms with Crippen LogP contribution in [0.4, 0.5) is 0 Å². The Morgan fingerprint density at radius 1 is 0.454 bits per heavy atom. The van der Waals surface area contributed by atoms with Crippen molar-refractivity contribution in [2.45, 2.75) is 178 Å². The van der Waals surface area contributed by atoms with E-state index in [1.807, 2.05) is 51.1 Å². The number of nitrogens with one attached hydrogen (secondary N) is 5. The summed E-state index contributed by atoms with van der Waals surface area (Å²) in [5, 5.41) is 23.7. The Balaban J connectivity index is 0.000000164. The van der Waals surface area contributed by atoms with Crippen molar-refractivity contribution in [3.63, 3.8) is 0 Å². The summed E-state index contributed by atoms with van der Waals surface area (Å²) in [6.45, 7) is 18.0. The number of aromatic nitrogens is 1. The van der Waals surface area contributed by atoms with Crippen LogP contribution >= 0.6 is 81.2 Å². The molecule has 7 aliphatic rings. The molecule has 0 unspecified atom stereocenters. The summed E-state index contributed by atoms with van der Waals surface area (Å²) in [4.78, 5) is 108. The van der Waals surface area contributed by atoms with Crippen LogP contribution in [0.1, 0.15) is 193 Å². The molecule has 6 saturated heterocycles. The van der Waals surface area contributed by atoms with Gasteiger partial charge in [0, 0.05) is 140 Å². The minimum Gasteiger partial charge on any atom is -0.355 e. The molecular formula is C91H112Cl7N13O8. The highest BCUT2D eigenvalue weighted by Crippen LogP contribution is 2.34. The molecular weight excluding hydrogens is 1650 g/mol.